The molecule has 0 amide bonds. The zero-order chi connectivity index (χ0) is 10.8. The quantitative estimate of drug-likeness (QED) is 0.931. The lowest BCUT2D eigenvalue weighted by atomic mass is 10.2. The van der Waals surface area contributed by atoms with Crippen LogP contribution in [0.3, 0.4) is 0 Å². The van der Waals surface area contributed by atoms with E-state index < -0.39 is 0 Å². The normalized spacial score (nSPS) is 13.0. The molecule has 2 heterocycles. The van der Waals surface area contributed by atoms with Crippen LogP contribution < -0.4 is 5.32 Å². The molecule has 0 spiro atoms. The minimum atomic E-state index is 0.396. The lowest BCUT2D eigenvalue weighted by Gasteiger charge is -2.12. The summed E-state index contributed by atoms with van der Waals surface area (Å²) in [7, 11) is 0. The second-order valence-corrected chi connectivity index (χ2v) is 4.34. The van der Waals surface area contributed by atoms with Gasteiger partial charge >= 0.3 is 0 Å². The maximum absolute atomic E-state index is 4.38. The lowest BCUT2D eigenvalue weighted by Crippen LogP contribution is -2.15. The highest BCUT2D eigenvalue weighted by Crippen LogP contribution is 2.17. The molecule has 2 aromatic heterocycles. The summed E-state index contributed by atoms with van der Waals surface area (Å²) >= 11 is 3.38. The number of hydrogen-bond donors (Lipinski definition) is 1. The van der Waals surface area contributed by atoms with Gasteiger partial charge in [-0.25, -0.2) is 9.97 Å². The Morgan fingerprint density at radius 1 is 1.60 bits per heavy atom. The molecule has 0 radical (unpaired) electrons. The van der Waals surface area contributed by atoms with Gasteiger partial charge < -0.3 is 9.72 Å². The highest BCUT2D eigenvalue weighted by molar-refractivity contribution is 9.10. The van der Waals surface area contributed by atoms with E-state index in [2.05, 4.69) is 45.1 Å². The number of rotatable bonds is 3. The van der Waals surface area contributed by atoms with Gasteiger partial charge in [0.2, 0.25) is 0 Å². The average molecular weight is 269 g/mol. The van der Waals surface area contributed by atoms with E-state index in [0.29, 0.717) is 6.04 Å². The Bertz CT molecular complexity index is 465. The summed E-state index contributed by atoms with van der Waals surface area (Å²) in [4.78, 5) is 8.65. The van der Waals surface area contributed by atoms with Crippen molar-refractivity contribution in [2.45, 2.75) is 26.3 Å². The van der Waals surface area contributed by atoms with Crippen LogP contribution in [0, 0.1) is 0 Å². The van der Waals surface area contributed by atoms with E-state index in [1.54, 1.807) is 6.20 Å². The average Bonchev–Trinajstić information content (AvgIpc) is 2.65. The first-order valence-corrected chi connectivity index (χ1v) is 5.75. The molecule has 2 aromatic rings. The first-order valence-electron chi connectivity index (χ1n) is 4.96. The number of aromatic nitrogens is 3. The van der Waals surface area contributed by atoms with E-state index in [1.807, 2.05) is 16.8 Å². The summed E-state index contributed by atoms with van der Waals surface area (Å²) in [6, 6.07) is 0.396. The Morgan fingerprint density at radius 2 is 2.40 bits per heavy atom. The highest BCUT2D eigenvalue weighted by atomic mass is 79.9. The van der Waals surface area contributed by atoms with Crippen LogP contribution in [0.25, 0.3) is 5.65 Å². The number of anilines is 1. The third kappa shape index (κ3) is 2.12. The van der Waals surface area contributed by atoms with Gasteiger partial charge in [0.25, 0.3) is 0 Å². The highest BCUT2D eigenvalue weighted by Gasteiger charge is 2.07. The maximum atomic E-state index is 4.38. The summed E-state index contributed by atoms with van der Waals surface area (Å²) in [6.07, 6.45) is 6.62. The van der Waals surface area contributed by atoms with Crippen LogP contribution in [0.1, 0.15) is 20.3 Å². The fourth-order valence-corrected chi connectivity index (χ4v) is 1.73. The monoisotopic (exact) mass is 268 g/mol. The molecule has 0 aliphatic rings. The largest absolute Gasteiger partial charge is 0.365 e. The second kappa shape index (κ2) is 4.18. The van der Waals surface area contributed by atoms with E-state index in [0.717, 1.165) is 22.5 Å². The molecule has 0 aliphatic carbocycles. The molecule has 15 heavy (non-hydrogen) atoms. The van der Waals surface area contributed by atoms with Crippen molar-refractivity contribution >= 4 is 27.4 Å². The van der Waals surface area contributed by atoms with E-state index in [1.165, 1.54) is 0 Å². The molecular weight excluding hydrogens is 256 g/mol. The molecule has 2 rings (SSSR count). The predicted molar refractivity (Wildman–Crippen MR) is 64.1 cm³/mol. The van der Waals surface area contributed by atoms with Crippen molar-refractivity contribution in [1.82, 2.24) is 14.4 Å². The van der Waals surface area contributed by atoms with Crippen LogP contribution in [-0.2, 0) is 0 Å². The molecule has 0 saturated heterocycles. The maximum Gasteiger partial charge on any atom is 0.180 e. The van der Waals surface area contributed by atoms with Crippen LogP contribution in [0.2, 0.25) is 0 Å². The number of halogens is 1. The summed E-state index contributed by atoms with van der Waals surface area (Å²) in [5.41, 5.74) is 0.860. The number of nitrogens with one attached hydrogen (secondary N) is 1. The van der Waals surface area contributed by atoms with Gasteiger partial charge in [-0.1, -0.05) is 6.92 Å². The van der Waals surface area contributed by atoms with Crippen molar-refractivity contribution in [2.24, 2.45) is 0 Å². The fraction of sp³-hybridized carbons (Fsp3) is 0.400. The van der Waals surface area contributed by atoms with Gasteiger partial charge in [-0.3, -0.25) is 0 Å². The lowest BCUT2D eigenvalue weighted by molar-refractivity contribution is 0.758. The van der Waals surface area contributed by atoms with Gasteiger partial charge in [0.15, 0.2) is 11.5 Å². The van der Waals surface area contributed by atoms with Gasteiger partial charge in [-0.15, -0.1) is 0 Å². The summed E-state index contributed by atoms with van der Waals surface area (Å²) < 4.78 is 2.75. The van der Waals surface area contributed by atoms with Crippen molar-refractivity contribution < 1.29 is 0 Å². The molecule has 5 heteroatoms. The van der Waals surface area contributed by atoms with Crippen LogP contribution in [0.4, 0.5) is 5.82 Å². The zero-order valence-corrected chi connectivity index (χ0v) is 10.3. The molecule has 0 aromatic carbocycles. The Kier molecular flexibility index (Phi) is 2.90. The molecular formula is C10H13BrN4. The van der Waals surface area contributed by atoms with Gasteiger partial charge in [0.05, 0.1) is 0 Å². The topological polar surface area (TPSA) is 42.2 Å². The van der Waals surface area contributed by atoms with Crippen LogP contribution in [0.15, 0.2) is 23.2 Å². The Morgan fingerprint density at radius 3 is 3.13 bits per heavy atom. The van der Waals surface area contributed by atoms with E-state index >= 15 is 0 Å². The number of nitrogens with zero attached hydrogens (tertiary/aromatic N) is 3. The molecule has 1 unspecified atom stereocenters. The molecule has 0 saturated carbocycles. The second-order valence-electron chi connectivity index (χ2n) is 3.52. The third-order valence-corrected chi connectivity index (χ3v) is 2.72. The summed E-state index contributed by atoms with van der Waals surface area (Å²) in [5.74, 6) is 0.823. The molecule has 0 aliphatic heterocycles. The minimum Gasteiger partial charge on any atom is -0.365 e. The minimum absolute atomic E-state index is 0.396. The zero-order valence-electron chi connectivity index (χ0n) is 8.74. The third-order valence-electron chi connectivity index (χ3n) is 2.34. The van der Waals surface area contributed by atoms with Gasteiger partial charge in [0, 0.05) is 24.6 Å². The van der Waals surface area contributed by atoms with Crippen molar-refractivity contribution in [3.8, 4) is 0 Å². The molecule has 1 atom stereocenters. The first kappa shape index (κ1) is 10.4. The standard InChI is InChI=1S/C10H13BrN4/c1-3-7(2)13-9-10-12-4-5-15(10)6-8(11)14-9/h4-7H,3H2,1-2H3,(H,13,14). The van der Waals surface area contributed by atoms with Crippen molar-refractivity contribution in [1.29, 1.82) is 0 Å². The van der Waals surface area contributed by atoms with Crippen LogP contribution in [-0.4, -0.2) is 20.4 Å². The van der Waals surface area contributed by atoms with Crippen molar-refractivity contribution in [2.75, 3.05) is 5.32 Å². The summed E-state index contributed by atoms with van der Waals surface area (Å²) in [6.45, 7) is 4.26. The molecule has 0 fully saturated rings. The smallest absolute Gasteiger partial charge is 0.180 e. The van der Waals surface area contributed by atoms with Gasteiger partial charge in [-0.05, 0) is 29.3 Å². The van der Waals surface area contributed by atoms with Gasteiger partial charge in [-0.2, -0.15) is 0 Å². The number of hydrogen-bond acceptors (Lipinski definition) is 3. The van der Waals surface area contributed by atoms with Crippen LogP contribution >= 0.6 is 15.9 Å². The van der Waals surface area contributed by atoms with E-state index in [-0.39, 0.29) is 0 Å². The van der Waals surface area contributed by atoms with E-state index in [9.17, 15) is 0 Å². The number of fused-ring (bicyclic) bond motifs is 1. The Balaban J connectivity index is 2.44. The van der Waals surface area contributed by atoms with Crippen molar-refractivity contribution in [3.05, 3.63) is 23.2 Å². The summed E-state index contributed by atoms with van der Waals surface area (Å²) in [5, 5.41) is 3.34. The van der Waals surface area contributed by atoms with Crippen molar-refractivity contribution in [3.63, 3.8) is 0 Å². The Labute approximate surface area is 96.9 Å². The molecule has 80 valence electrons. The first-order chi connectivity index (χ1) is 7.20. The molecule has 1 N–H and O–H groups in total. The van der Waals surface area contributed by atoms with E-state index in [4.69, 9.17) is 0 Å². The Hall–Kier alpha value is -1.10. The number of imidazole rings is 1. The van der Waals surface area contributed by atoms with Crippen LogP contribution in [0.5, 0.6) is 0 Å². The predicted octanol–water partition coefficient (Wildman–Crippen LogP) is 2.70. The SMILES string of the molecule is CCC(C)Nc1nc(Br)cn2ccnc12. The molecule has 4 nitrogen and oxygen atoms in total. The van der Waals surface area contributed by atoms with Gasteiger partial charge in [0.1, 0.15) is 4.60 Å². The fourth-order valence-electron chi connectivity index (χ4n) is 1.33. The molecule has 0 bridgehead atoms.